The van der Waals surface area contributed by atoms with Crippen molar-refractivity contribution in [3.05, 3.63) is 0 Å². The fourth-order valence-corrected chi connectivity index (χ4v) is 0.604. The summed E-state index contributed by atoms with van der Waals surface area (Å²) in [4.78, 5) is 9.85. The zero-order valence-electron chi connectivity index (χ0n) is 5.86. The number of rotatable bonds is 5. The van der Waals surface area contributed by atoms with Crippen LogP contribution in [0.4, 0.5) is 0 Å². The summed E-state index contributed by atoms with van der Waals surface area (Å²) < 4.78 is 4.65. The normalized spacial score (nSPS) is 16.3. The summed E-state index contributed by atoms with van der Waals surface area (Å²) in [5, 5.41) is 17.5. The summed E-state index contributed by atoms with van der Waals surface area (Å²) in [5.41, 5.74) is 0. The van der Waals surface area contributed by atoms with Gasteiger partial charge in [0.2, 0.25) is 0 Å². The van der Waals surface area contributed by atoms with Crippen molar-refractivity contribution in [1.29, 1.82) is 0 Å². The lowest BCUT2D eigenvalue weighted by molar-refractivity contribution is -0.112. The molecule has 0 aliphatic heterocycles. The average molecular weight is 148 g/mol. The van der Waals surface area contributed by atoms with Crippen LogP contribution in [0, 0.1) is 0 Å². The summed E-state index contributed by atoms with van der Waals surface area (Å²) >= 11 is 0. The highest BCUT2D eigenvalue weighted by molar-refractivity contribution is 5.50. The van der Waals surface area contributed by atoms with Crippen LogP contribution in [-0.2, 0) is 9.53 Å². The molecule has 0 radical (unpaired) electrons. The first kappa shape index (κ1) is 9.55. The molecule has 4 nitrogen and oxygen atoms in total. The van der Waals surface area contributed by atoms with Crippen molar-refractivity contribution in [2.24, 2.45) is 0 Å². The quantitative estimate of drug-likeness (QED) is 0.488. The fourth-order valence-electron chi connectivity index (χ4n) is 0.604. The molecule has 0 aromatic carbocycles. The maximum atomic E-state index is 9.85. The number of carbonyl (C=O) groups excluding carboxylic acids is 1. The average Bonchev–Trinajstić information content (AvgIpc) is 1.91. The largest absolute Gasteiger partial charge is 0.394 e. The van der Waals surface area contributed by atoms with Crippen molar-refractivity contribution in [2.45, 2.75) is 18.6 Å². The van der Waals surface area contributed by atoms with Gasteiger partial charge in [-0.25, -0.2) is 0 Å². The van der Waals surface area contributed by atoms with Gasteiger partial charge in [-0.3, -0.25) is 0 Å². The lowest BCUT2D eigenvalue weighted by Crippen LogP contribution is -2.31. The second-order valence-corrected chi connectivity index (χ2v) is 1.93. The van der Waals surface area contributed by atoms with Gasteiger partial charge in [-0.2, -0.15) is 0 Å². The molecule has 2 unspecified atom stereocenters. The molecule has 0 aromatic rings. The van der Waals surface area contributed by atoms with Crippen molar-refractivity contribution in [3.63, 3.8) is 0 Å². The monoisotopic (exact) mass is 148 g/mol. The molecule has 10 heavy (non-hydrogen) atoms. The van der Waals surface area contributed by atoms with Crippen molar-refractivity contribution in [1.82, 2.24) is 0 Å². The molecule has 0 saturated carbocycles. The zero-order chi connectivity index (χ0) is 7.98. The molecule has 0 bridgehead atoms. The van der Waals surface area contributed by atoms with Gasteiger partial charge in [0.1, 0.15) is 12.4 Å². The van der Waals surface area contributed by atoms with Crippen LogP contribution >= 0.6 is 0 Å². The number of methoxy groups -OCH3 is 1. The van der Waals surface area contributed by atoms with E-state index >= 15 is 0 Å². The highest BCUT2D eigenvalue weighted by atomic mass is 16.5. The second-order valence-electron chi connectivity index (χ2n) is 1.93. The number of aliphatic hydroxyl groups is 2. The van der Waals surface area contributed by atoms with Gasteiger partial charge in [-0.05, 0) is 0 Å². The number of aliphatic hydroxyl groups excluding tert-OH is 2. The van der Waals surface area contributed by atoms with Gasteiger partial charge in [-0.1, -0.05) is 0 Å². The molecule has 60 valence electrons. The van der Waals surface area contributed by atoms with Crippen LogP contribution < -0.4 is 0 Å². The van der Waals surface area contributed by atoms with Gasteiger partial charge in [-0.15, -0.1) is 0 Å². The van der Waals surface area contributed by atoms with Crippen molar-refractivity contribution in [2.75, 3.05) is 13.7 Å². The Hall–Kier alpha value is -0.450. The van der Waals surface area contributed by atoms with Gasteiger partial charge in [0.05, 0.1) is 12.7 Å². The Bertz CT molecular complexity index is 89.7. The smallest absolute Gasteiger partial charge is 0.122 e. The van der Waals surface area contributed by atoms with Crippen LogP contribution in [0.1, 0.15) is 6.42 Å². The van der Waals surface area contributed by atoms with Gasteiger partial charge < -0.3 is 19.7 Å². The van der Waals surface area contributed by atoms with E-state index in [1.54, 1.807) is 0 Å². The van der Waals surface area contributed by atoms with Crippen LogP contribution in [0.5, 0.6) is 0 Å². The van der Waals surface area contributed by atoms with E-state index in [-0.39, 0.29) is 13.0 Å². The lowest BCUT2D eigenvalue weighted by atomic mass is 10.1. The van der Waals surface area contributed by atoms with Gasteiger partial charge >= 0.3 is 0 Å². The van der Waals surface area contributed by atoms with Gasteiger partial charge in [0.15, 0.2) is 0 Å². The first-order valence-electron chi connectivity index (χ1n) is 3.01. The molecule has 0 aliphatic rings. The lowest BCUT2D eigenvalue weighted by Gasteiger charge is -2.16. The highest BCUT2D eigenvalue weighted by Gasteiger charge is 2.16. The standard InChI is InChI=1S/C6H12O4/c1-10-6(4-8)5(9)2-3-7/h3,5-6,8-9H,2,4H2,1H3. The third-order valence-electron chi connectivity index (χ3n) is 1.25. The molecule has 2 N–H and O–H groups in total. The minimum absolute atomic E-state index is 0.000926. The summed E-state index contributed by atoms with van der Waals surface area (Å²) in [7, 11) is 1.37. The summed E-state index contributed by atoms with van der Waals surface area (Å²) in [6.07, 6.45) is -0.955. The van der Waals surface area contributed by atoms with Crippen LogP contribution in [-0.4, -0.2) is 42.4 Å². The Balaban J connectivity index is 3.63. The molecule has 4 heteroatoms. The number of aldehydes is 1. The summed E-state index contributed by atoms with van der Waals surface area (Å²) in [6, 6.07) is 0. The molecule has 0 fully saturated rings. The summed E-state index contributed by atoms with van der Waals surface area (Å²) in [5.74, 6) is 0. The molecular weight excluding hydrogens is 136 g/mol. The van der Waals surface area contributed by atoms with E-state index < -0.39 is 12.2 Å². The third kappa shape index (κ3) is 2.91. The van der Waals surface area contributed by atoms with E-state index in [9.17, 15) is 4.79 Å². The zero-order valence-corrected chi connectivity index (χ0v) is 5.86. The Kier molecular flexibility index (Phi) is 5.10. The van der Waals surface area contributed by atoms with Crippen LogP contribution in [0.15, 0.2) is 0 Å². The van der Waals surface area contributed by atoms with E-state index in [2.05, 4.69) is 4.74 Å². The maximum absolute atomic E-state index is 9.85. The molecule has 0 aliphatic carbocycles. The SMILES string of the molecule is COC(CO)C(O)CC=O. The van der Waals surface area contributed by atoms with Crippen LogP contribution in [0.3, 0.4) is 0 Å². The van der Waals surface area contributed by atoms with Gasteiger partial charge in [0.25, 0.3) is 0 Å². The van der Waals surface area contributed by atoms with E-state index in [1.807, 2.05) is 0 Å². The van der Waals surface area contributed by atoms with Crippen molar-refractivity contribution in [3.8, 4) is 0 Å². The predicted octanol–water partition coefficient (Wildman–Crippen LogP) is -1.06. The van der Waals surface area contributed by atoms with E-state index in [1.165, 1.54) is 7.11 Å². The minimum atomic E-state index is -0.896. The van der Waals surface area contributed by atoms with Crippen LogP contribution in [0.25, 0.3) is 0 Å². The minimum Gasteiger partial charge on any atom is -0.394 e. The number of carbonyl (C=O) groups is 1. The number of hydrogen-bond acceptors (Lipinski definition) is 4. The van der Waals surface area contributed by atoms with Crippen molar-refractivity contribution >= 4 is 6.29 Å². The first-order valence-corrected chi connectivity index (χ1v) is 3.01. The Morgan fingerprint density at radius 1 is 1.70 bits per heavy atom. The first-order chi connectivity index (χ1) is 4.76. The molecular formula is C6H12O4. The highest BCUT2D eigenvalue weighted by Crippen LogP contribution is 1.99. The maximum Gasteiger partial charge on any atom is 0.122 e. The van der Waals surface area contributed by atoms with Gasteiger partial charge in [0, 0.05) is 13.5 Å². The third-order valence-corrected chi connectivity index (χ3v) is 1.25. The topological polar surface area (TPSA) is 66.8 Å². The molecule has 2 atom stereocenters. The van der Waals surface area contributed by atoms with Crippen molar-refractivity contribution < 1.29 is 19.7 Å². The predicted molar refractivity (Wildman–Crippen MR) is 34.6 cm³/mol. The molecule has 0 amide bonds. The molecule has 0 spiro atoms. The Morgan fingerprint density at radius 2 is 2.30 bits per heavy atom. The Morgan fingerprint density at radius 3 is 2.60 bits per heavy atom. The van der Waals surface area contributed by atoms with Crippen LogP contribution in [0.2, 0.25) is 0 Å². The fraction of sp³-hybridized carbons (Fsp3) is 0.833. The molecule has 0 heterocycles. The Labute approximate surface area is 59.4 Å². The summed E-state index contributed by atoms with van der Waals surface area (Å²) in [6.45, 7) is -0.272. The van der Waals surface area contributed by atoms with E-state index in [0.717, 1.165) is 0 Å². The molecule has 0 aromatic heterocycles. The number of ether oxygens (including phenoxy) is 1. The molecule has 0 saturated heterocycles. The van der Waals surface area contributed by atoms with E-state index in [4.69, 9.17) is 10.2 Å². The second kappa shape index (κ2) is 5.34. The number of hydrogen-bond donors (Lipinski definition) is 2. The van der Waals surface area contributed by atoms with E-state index in [0.29, 0.717) is 6.29 Å². The molecule has 0 rings (SSSR count).